The molecule has 0 aromatic rings. The van der Waals surface area contributed by atoms with Gasteiger partial charge in [0.05, 0.1) is 0 Å². The van der Waals surface area contributed by atoms with Crippen LogP contribution >= 0.6 is 29.5 Å². The summed E-state index contributed by atoms with van der Waals surface area (Å²) in [6, 6.07) is 0. The fourth-order valence-corrected chi connectivity index (χ4v) is 0. The van der Waals surface area contributed by atoms with Crippen molar-refractivity contribution in [2.24, 2.45) is 0 Å². The molecule has 0 aromatic heterocycles. The van der Waals surface area contributed by atoms with Crippen molar-refractivity contribution in [3.8, 4) is 0 Å². The molecule has 4 heteroatoms. The molecular weight excluding hydrogens is 279 g/mol. The Morgan fingerprint density at radius 3 is 1.25 bits per heavy atom. The second kappa shape index (κ2) is 8.82. The molecule has 0 spiro atoms. The van der Waals surface area contributed by atoms with E-state index in [2.05, 4.69) is 19.6 Å². The van der Waals surface area contributed by atoms with Crippen molar-refractivity contribution in [2.75, 3.05) is 0 Å². The average Bonchev–Trinajstić information content (AvgIpc) is 0.918. The first-order valence-electron chi connectivity index (χ1n) is 0.333. The van der Waals surface area contributed by atoms with Crippen LogP contribution in [0.5, 0.6) is 0 Å². The second-order valence-electron chi connectivity index (χ2n) is 0.0680. The van der Waals surface area contributed by atoms with Crippen LogP contribution in [0.4, 0.5) is 0 Å². The first kappa shape index (κ1) is 9.12. The van der Waals surface area contributed by atoms with Crippen molar-refractivity contribution in [1.82, 2.24) is 0 Å². The Hall–Kier alpha value is 1.56. The van der Waals surface area contributed by atoms with E-state index in [0.717, 1.165) is 0 Å². The Bertz CT molecular complexity index is 27.0. The minimum absolute atomic E-state index is 0. The van der Waals surface area contributed by atoms with Crippen molar-refractivity contribution in [3.05, 3.63) is 0 Å². The van der Waals surface area contributed by atoms with Crippen LogP contribution in [-0.4, -0.2) is 0 Å². The number of hydrogen-bond donors (Lipinski definition) is 0. The van der Waals surface area contributed by atoms with E-state index in [0.29, 0.717) is 0 Å². The molecule has 0 aliphatic heterocycles. The zero-order chi connectivity index (χ0) is 2.71. The average molecular weight is 282 g/mol. The van der Waals surface area contributed by atoms with Gasteiger partial charge in [0.15, 0.2) is 0 Å². The SMILES string of the molecule is P.[S]=[W]=[S]. The first-order chi connectivity index (χ1) is 1.41. The normalized spacial score (nSPS) is 3.00. The standard InChI is InChI=1S/H3P.2S.W/h1H3;;;. The van der Waals surface area contributed by atoms with E-state index >= 15 is 0 Å². The van der Waals surface area contributed by atoms with E-state index in [1.54, 1.807) is 0 Å². The van der Waals surface area contributed by atoms with E-state index < -0.39 is 14.9 Å². The molecule has 0 N–H and O–H groups in total. The van der Waals surface area contributed by atoms with Gasteiger partial charge < -0.3 is 0 Å². The van der Waals surface area contributed by atoms with Crippen molar-refractivity contribution < 1.29 is 14.9 Å². The topological polar surface area (TPSA) is 0 Å². The molecule has 0 saturated heterocycles. The summed E-state index contributed by atoms with van der Waals surface area (Å²) in [6.45, 7) is 0. The minimum atomic E-state index is -0.583. The third-order valence-corrected chi connectivity index (χ3v) is 0. The van der Waals surface area contributed by atoms with Crippen molar-refractivity contribution in [3.63, 3.8) is 0 Å². The molecule has 0 saturated carbocycles. The van der Waals surface area contributed by atoms with Gasteiger partial charge in [-0.2, -0.15) is 9.90 Å². The molecule has 0 aliphatic carbocycles. The molecule has 0 rings (SSSR count). The fraction of sp³-hybridized carbons (Fsp3) is 0. The predicted octanol–water partition coefficient (Wildman–Crippen LogP) is 1.35. The third kappa shape index (κ3) is 9.59. The van der Waals surface area contributed by atoms with Crippen LogP contribution in [0.3, 0.4) is 0 Å². The summed E-state index contributed by atoms with van der Waals surface area (Å²) in [5.74, 6) is 0. The Balaban J connectivity index is 0. The van der Waals surface area contributed by atoms with Crippen LogP contribution in [0.25, 0.3) is 0 Å². The Kier molecular flexibility index (Phi) is 20.1. The second-order valence-corrected chi connectivity index (χ2v) is 5.01. The number of hydrogen-bond acceptors (Lipinski definition) is 2. The molecule has 0 amide bonds. The molecule has 0 aromatic carbocycles. The van der Waals surface area contributed by atoms with Crippen molar-refractivity contribution >= 4 is 29.5 Å². The summed E-state index contributed by atoms with van der Waals surface area (Å²) in [5.41, 5.74) is 0. The molecule has 0 fully saturated rings. The van der Waals surface area contributed by atoms with Gasteiger partial charge in [0.1, 0.15) is 0 Å². The first-order valence-corrected chi connectivity index (χ1v) is 8.19. The van der Waals surface area contributed by atoms with Gasteiger partial charge in [-0.25, -0.2) is 0 Å². The maximum absolute atomic E-state index is 4.38. The van der Waals surface area contributed by atoms with Gasteiger partial charge in [0.2, 0.25) is 0 Å². The van der Waals surface area contributed by atoms with Crippen LogP contribution in [0.1, 0.15) is 0 Å². The molecule has 0 bridgehead atoms. The summed E-state index contributed by atoms with van der Waals surface area (Å²) in [6.07, 6.45) is 0. The third-order valence-electron chi connectivity index (χ3n) is 0. The molecule has 1 unspecified atom stereocenters. The Labute approximate surface area is 44.4 Å². The van der Waals surface area contributed by atoms with E-state index in [9.17, 15) is 0 Å². The Morgan fingerprint density at radius 2 is 1.25 bits per heavy atom. The summed E-state index contributed by atoms with van der Waals surface area (Å²) < 4.78 is 0. The van der Waals surface area contributed by atoms with Crippen LogP contribution in [-0.2, 0) is 14.9 Å². The molecule has 0 heterocycles. The van der Waals surface area contributed by atoms with Crippen LogP contribution in [0, 0.1) is 0 Å². The molecule has 4 heavy (non-hydrogen) atoms. The van der Waals surface area contributed by atoms with Gasteiger partial charge >= 0.3 is 34.6 Å². The van der Waals surface area contributed by atoms with Crippen molar-refractivity contribution in [1.29, 1.82) is 0 Å². The van der Waals surface area contributed by atoms with E-state index in [4.69, 9.17) is 0 Å². The van der Waals surface area contributed by atoms with Crippen molar-refractivity contribution in [2.45, 2.75) is 0 Å². The van der Waals surface area contributed by atoms with Crippen LogP contribution in [0.2, 0.25) is 0 Å². The van der Waals surface area contributed by atoms with Gasteiger partial charge in [0.25, 0.3) is 0 Å². The molecule has 0 aliphatic rings. The summed E-state index contributed by atoms with van der Waals surface area (Å²) in [7, 11) is 8.75. The quantitative estimate of drug-likeness (QED) is 0.615. The maximum atomic E-state index is 4.38. The zero-order valence-electron chi connectivity index (χ0n) is 1.93. The summed E-state index contributed by atoms with van der Waals surface area (Å²) >= 11 is -0.583. The van der Waals surface area contributed by atoms with Crippen LogP contribution in [0.15, 0.2) is 0 Å². The molecule has 0 radical (unpaired) electrons. The van der Waals surface area contributed by atoms with Gasteiger partial charge in [-0.05, 0) is 0 Å². The van der Waals surface area contributed by atoms with E-state index in [-0.39, 0.29) is 9.90 Å². The number of rotatable bonds is 0. The van der Waals surface area contributed by atoms with Gasteiger partial charge in [0, 0.05) is 0 Å². The molecule has 1 atom stereocenters. The van der Waals surface area contributed by atoms with E-state index in [1.807, 2.05) is 0 Å². The van der Waals surface area contributed by atoms with Gasteiger partial charge in [-0.15, -0.1) is 0 Å². The fourth-order valence-electron chi connectivity index (χ4n) is 0. The molecule has 26 valence electrons. The zero-order valence-corrected chi connectivity index (χ0v) is 7.91. The van der Waals surface area contributed by atoms with E-state index in [1.165, 1.54) is 0 Å². The summed E-state index contributed by atoms with van der Waals surface area (Å²) in [5, 5.41) is 0. The Morgan fingerprint density at radius 1 is 1.25 bits per heavy atom. The van der Waals surface area contributed by atoms with Gasteiger partial charge in [-0.3, -0.25) is 0 Å². The molecule has 0 nitrogen and oxygen atoms in total. The van der Waals surface area contributed by atoms with Gasteiger partial charge in [-0.1, -0.05) is 0 Å². The predicted molar refractivity (Wildman–Crippen MR) is 26.3 cm³/mol. The van der Waals surface area contributed by atoms with Crippen LogP contribution < -0.4 is 0 Å². The monoisotopic (exact) mass is 282 g/mol. The summed E-state index contributed by atoms with van der Waals surface area (Å²) in [4.78, 5) is 0. The molecular formula is H3PS2W.